The molecular weight excluding hydrogens is 613 g/mol. The summed E-state index contributed by atoms with van der Waals surface area (Å²) in [5.41, 5.74) is -0.0679. The highest BCUT2D eigenvalue weighted by atomic mass is 32.2. The molecular formula is C31H35F3N4O6S. The molecule has 1 saturated heterocycles. The van der Waals surface area contributed by atoms with E-state index in [0.717, 1.165) is 25.0 Å². The van der Waals surface area contributed by atoms with Crippen molar-refractivity contribution in [2.45, 2.75) is 55.4 Å². The topological polar surface area (TPSA) is 131 Å². The Hall–Kier alpha value is -3.75. The van der Waals surface area contributed by atoms with Gasteiger partial charge in [-0.1, -0.05) is 19.1 Å². The van der Waals surface area contributed by atoms with E-state index in [2.05, 4.69) is 15.3 Å². The second kappa shape index (κ2) is 13.7. The third-order valence-corrected chi connectivity index (χ3v) is 9.64. The molecule has 0 spiro atoms. The predicted octanol–water partition coefficient (Wildman–Crippen LogP) is 4.21. The van der Waals surface area contributed by atoms with Crippen molar-refractivity contribution in [1.82, 2.24) is 15.3 Å². The number of benzene rings is 2. The Kier molecular flexibility index (Phi) is 9.94. The lowest BCUT2D eigenvalue weighted by Gasteiger charge is -2.24. The normalized spacial score (nSPS) is 19.4. The van der Waals surface area contributed by atoms with Crippen LogP contribution in [0, 0.1) is 5.92 Å². The van der Waals surface area contributed by atoms with Crippen molar-refractivity contribution in [3.63, 3.8) is 0 Å². The van der Waals surface area contributed by atoms with Crippen molar-refractivity contribution in [1.29, 1.82) is 0 Å². The number of nitrogens with one attached hydrogen (secondary N) is 1. The summed E-state index contributed by atoms with van der Waals surface area (Å²) in [5, 5.41) is 12.6. The number of nitrogens with zero attached hydrogens (tertiary/aromatic N) is 3. The minimum absolute atomic E-state index is 0.0407. The fourth-order valence-corrected chi connectivity index (χ4v) is 5.95. The van der Waals surface area contributed by atoms with Crippen LogP contribution in [0.2, 0.25) is 0 Å². The Labute approximate surface area is 259 Å². The average Bonchev–Trinajstić information content (AvgIpc) is 3.78. The Morgan fingerprint density at radius 3 is 2.31 bits per heavy atom. The lowest BCUT2D eigenvalue weighted by atomic mass is 10.1. The highest BCUT2D eigenvalue weighted by Gasteiger charge is 2.36. The number of aromatic nitrogens is 2. The van der Waals surface area contributed by atoms with E-state index in [4.69, 9.17) is 9.47 Å². The molecule has 1 aliphatic heterocycles. The minimum atomic E-state index is -4.43. The van der Waals surface area contributed by atoms with Gasteiger partial charge in [-0.3, -0.25) is 4.79 Å². The van der Waals surface area contributed by atoms with E-state index in [1.54, 1.807) is 19.1 Å². The maximum absolute atomic E-state index is 13.0. The fraction of sp³-hybridized carbons (Fsp3) is 0.452. The van der Waals surface area contributed by atoms with Crippen LogP contribution in [0.25, 0.3) is 0 Å². The number of carbonyl (C=O) groups is 1. The summed E-state index contributed by atoms with van der Waals surface area (Å²) in [5.74, 6) is 0.663. The largest absolute Gasteiger partial charge is 0.489 e. The number of amides is 1. The monoisotopic (exact) mass is 648 g/mol. The number of aliphatic hydroxyl groups excluding tert-OH is 1. The van der Waals surface area contributed by atoms with Gasteiger partial charge in [0.25, 0.3) is 5.91 Å². The molecule has 2 aromatic carbocycles. The number of ether oxygens (including phenoxy) is 2. The second-order valence-electron chi connectivity index (χ2n) is 11.2. The number of rotatable bonds is 13. The SMILES string of the molecule is CCS(=O)(=O)c1ccc(C(CO)NC(=O)c2cnc(N3C[C@H](Oc4ccc(C(F)(F)F)cc4)C[C@H]3COCC3CC3)nc2)cc1. The van der Waals surface area contributed by atoms with E-state index >= 15 is 0 Å². The van der Waals surface area contributed by atoms with Gasteiger partial charge in [0.05, 0.1) is 53.6 Å². The molecule has 2 N–H and O–H groups in total. The number of alkyl halides is 3. The summed E-state index contributed by atoms with van der Waals surface area (Å²) in [6, 6.07) is 9.61. The summed E-state index contributed by atoms with van der Waals surface area (Å²) < 4.78 is 75.0. The Morgan fingerprint density at radius 2 is 1.73 bits per heavy atom. The van der Waals surface area contributed by atoms with E-state index in [0.29, 0.717) is 49.4 Å². The van der Waals surface area contributed by atoms with Crippen LogP contribution in [-0.2, 0) is 20.8 Å². The van der Waals surface area contributed by atoms with Gasteiger partial charge in [-0.15, -0.1) is 0 Å². The van der Waals surface area contributed by atoms with E-state index in [1.807, 2.05) is 4.90 Å². The van der Waals surface area contributed by atoms with Gasteiger partial charge in [-0.25, -0.2) is 18.4 Å². The molecule has 1 aromatic heterocycles. The van der Waals surface area contributed by atoms with Crippen molar-refractivity contribution in [3.05, 3.63) is 77.6 Å². The predicted molar refractivity (Wildman–Crippen MR) is 159 cm³/mol. The zero-order valence-electron chi connectivity index (χ0n) is 24.6. The number of hydrogen-bond donors (Lipinski definition) is 2. The van der Waals surface area contributed by atoms with Gasteiger partial charge in [0.15, 0.2) is 9.84 Å². The second-order valence-corrected chi connectivity index (χ2v) is 13.5. The van der Waals surface area contributed by atoms with Crippen LogP contribution in [0.1, 0.15) is 53.7 Å². The van der Waals surface area contributed by atoms with Gasteiger partial charge < -0.3 is 24.8 Å². The summed E-state index contributed by atoms with van der Waals surface area (Å²) in [7, 11) is -3.38. The molecule has 2 fully saturated rings. The van der Waals surface area contributed by atoms with Crippen LogP contribution in [0.3, 0.4) is 0 Å². The molecule has 1 saturated carbocycles. The van der Waals surface area contributed by atoms with Gasteiger partial charge in [-0.2, -0.15) is 13.2 Å². The molecule has 1 unspecified atom stereocenters. The first kappa shape index (κ1) is 32.6. The van der Waals surface area contributed by atoms with E-state index in [1.165, 1.54) is 36.7 Å². The summed E-state index contributed by atoms with van der Waals surface area (Å²) in [4.78, 5) is 23.9. The van der Waals surface area contributed by atoms with Crippen molar-refractivity contribution < 1.29 is 41.0 Å². The molecule has 45 heavy (non-hydrogen) atoms. The van der Waals surface area contributed by atoms with Crippen LogP contribution in [0.5, 0.6) is 5.75 Å². The number of anilines is 1. The Bertz CT molecular complexity index is 1550. The molecule has 14 heteroatoms. The van der Waals surface area contributed by atoms with Crippen molar-refractivity contribution in [3.8, 4) is 5.75 Å². The molecule has 242 valence electrons. The summed E-state index contributed by atoms with van der Waals surface area (Å²) in [6.07, 6.45) is 0.773. The summed E-state index contributed by atoms with van der Waals surface area (Å²) >= 11 is 0. The Morgan fingerprint density at radius 1 is 1.07 bits per heavy atom. The van der Waals surface area contributed by atoms with E-state index in [-0.39, 0.29) is 28.4 Å². The molecule has 3 atom stereocenters. The summed E-state index contributed by atoms with van der Waals surface area (Å²) in [6.45, 7) is 2.54. The van der Waals surface area contributed by atoms with Gasteiger partial charge in [0.1, 0.15) is 11.9 Å². The van der Waals surface area contributed by atoms with Crippen LogP contribution >= 0.6 is 0 Å². The van der Waals surface area contributed by atoms with Gasteiger partial charge in [0, 0.05) is 25.4 Å². The first-order chi connectivity index (χ1) is 21.5. The maximum Gasteiger partial charge on any atom is 0.416 e. The highest BCUT2D eigenvalue weighted by molar-refractivity contribution is 7.91. The maximum atomic E-state index is 13.0. The van der Waals surface area contributed by atoms with Crippen molar-refractivity contribution in [2.24, 2.45) is 5.92 Å². The minimum Gasteiger partial charge on any atom is -0.489 e. The highest BCUT2D eigenvalue weighted by Crippen LogP contribution is 2.33. The molecule has 10 nitrogen and oxygen atoms in total. The molecule has 0 radical (unpaired) electrons. The third kappa shape index (κ3) is 8.30. The number of aliphatic hydroxyl groups is 1. The quantitative estimate of drug-likeness (QED) is 0.280. The Balaban J connectivity index is 1.24. The van der Waals surface area contributed by atoms with Crippen LogP contribution in [0.4, 0.5) is 19.1 Å². The van der Waals surface area contributed by atoms with E-state index < -0.39 is 40.1 Å². The van der Waals surface area contributed by atoms with Crippen LogP contribution in [0.15, 0.2) is 65.8 Å². The molecule has 1 aliphatic carbocycles. The molecule has 2 heterocycles. The molecule has 1 amide bonds. The number of halogens is 3. The lowest BCUT2D eigenvalue weighted by molar-refractivity contribution is -0.137. The molecule has 2 aliphatic rings. The third-order valence-electron chi connectivity index (χ3n) is 7.89. The van der Waals surface area contributed by atoms with Crippen molar-refractivity contribution >= 4 is 21.7 Å². The first-order valence-corrected chi connectivity index (χ1v) is 16.4. The van der Waals surface area contributed by atoms with Crippen molar-refractivity contribution in [2.75, 3.05) is 37.0 Å². The molecule has 0 bridgehead atoms. The molecule has 3 aromatic rings. The number of carbonyl (C=O) groups excluding carboxylic acids is 1. The first-order valence-electron chi connectivity index (χ1n) is 14.7. The fourth-order valence-electron chi connectivity index (χ4n) is 5.07. The zero-order valence-corrected chi connectivity index (χ0v) is 25.4. The number of hydrogen-bond acceptors (Lipinski definition) is 9. The average molecular weight is 649 g/mol. The van der Waals surface area contributed by atoms with Gasteiger partial charge >= 0.3 is 6.18 Å². The smallest absolute Gasteiger partial charge is 0.416 e. The van der Waals surface area contributed by atoms with E-state index in [9.17, 15) is 31.5 Å². The molecule has 5 rings (SSSR count). The van der Waals surface area contributed by atoms with Gasteiger partial charge in [-0.05, 0) is 60.7 Å². The number of sulfone groups is 1. The standard InChI is InChI=1S/C31H35F3N4O6S/c1-2-45(41,42)27-11-5-21(6-12-27)28(17-39)37-29(40)22-14-35-30(36-15-22)38-16-26(13-24(38)19-43-18-20-3-4-20)44-25-9-7-23(8-10-25)31(32,33)34/h5-12,14-15,20,24,26,28,39H,2-4,13,16-19H2,1H3,(H,37,40)/t24-,26+,28?/m0/s1. The zero-order chi connectivity index (χ0) is 32.2. The van der Waals surface area contributed by atoms with Crippen LogP contribution in [-0.4, -0.2) is 73.7 Å². The van der Waals surface area contributed by atoms with Gasteiger partial charge in [0.2, 0.25) is 5.95 Å². The lowest BCUT2D eigenvalue weighted by Crippen LogP contribution is -2.35. The van der Waals surface area contributed by atoms with Crippen LogP contribution < -0.4 is 15.0 Å².